The highest BCUT2D eigenvalue weighted by molar-refractivity contribution is 5.74. The van der Waals surface area contributed by atoms with Crippen LogP contribution < -0.4 is 11.2 Å². The van der Waals surface area contributed by atoms with Crippen molar-refractivity contribution in [3.8, 4) is 22.5 Å². The third-order valence-corrected chi connectivity index (χ3v) is 7.10. The molecule has 0 unspecified atom stereocenters. The van der Waals surface area contributed by atoms with Crippen molar-refractivity contribution in [3.05, 3.63) is 117 Å². The summed E-state index contributed by atoms with van der Waals surface area (Å²) in [7, 11) is 1.52. The molecule has 200 valence electrons. The molecule has 0 saturated heterocycles. The van der Waals surface area contributed by atoms with Crippen molar-refractivity contribution in [2.24, 2.45) is 7.05 Å². The molecular weight excluding hydrogens is 504 g/mol. The molecule has 10 nitrogen and oxygen atoms in total. The molecule has 0 saturated carbocycles. The van der Waals surface area contributed by atoms with E-state index < -0.39 is 5.69 Å². The summed E-state index contributed by atoms with van der Waals surface area (Å²) in [4.78, 5) is 31.6. The van der Waals surface area contributed by atoms with Crippen LogP contribution in [0.15, 0.2) is 94.8 Å². The number of tetrazole rings is 1. The monoisotopic (exact) mass is 532 g/mol. The van der Waals surface area contributed by atoms with Crippen molar-refractivity contribution < 1.29 is 0 Å². The Morgan fingerprint density at radius 2 is 1.62 bits per heavy atom. The van der Waals surface area contributed by atoms with Crippen molar-refractivity contribution in [3.63, 3.8) is 0 Å². The van der Waals surface area contributed by atoms with Crippen LogP contribution in [0.4, 0.5) is 0 Å². The van der Waals surface area contributed by atoms with Gasteiger partial charge in [0.25, 0.3) is 5.56 Å². The number of benzene rings is 3. The first-order chi connectivity index (χ1) is 19.6. The lowest BCUT2D eigenvalue weighted by molar-refractivity contribution is 0.685. The maximum Gasteiger partial charge on any atom is 0.337 e. The second-order valence-electron chi connectivity index (χ2n) is 9.68. The molecule has 0 amide bonds. The Hall–Kier alpha value is -5.12. The lowest BCUT2D eigenvalue weighted by Gasteiger charge is -2.12. The first kappa shape index (κ1) is 25.2. The van der Waals surface area contributed by atoms with E-state index in [9.17, 15) is 9.59 Å². The Morgan fingerprint density at radius 1 is 0.875 bits per heavy atom. The van der Waals surface area contributed by atoms with E-state index in [4.69, 9.17) is 4.98 Å². The van der Waals surface area contributed by atoms with Gasteiger partial charge in [0.05, 0.1) is 11.4 Å². The fourth-order valence-corrected chi connectivity index (χ4v) is 5.01. The summed E-state index contributed by atoms with van der Waals surface area (Å²) < 4.78 is 6.30. The van der Waals surface area contributed by atoms with E-state index in [1.165, 1.54) is 11.6 Å². The van der Waals surface area contributed by atoms with Crippen molar-refractivity contribution >= 4 is 11.2 Å². The molecule has 0 spiro atoms. The lowest BCUT2D eigenvalue weighted by Crippen LogP contribution is -2.38. The third-order valence-electron chi connectivity index (χ3n) is 7.10. The maximum atomic E-state index is 13.5. The van der Waals surface area contributed by atoms with Crippen LogP contribution in [0.25, 0.3) is 33.7 Å². The highest BCUT2D eigenvalue weighted by atomic mass is 16.2. The Balaban J connectivity index is 1.45. The van der Waals surface area contributed by atoms with Crippen molar-refractivity contribution in [1.82, 2.24) is 38.9 Å². The van der Waals surface area contributed by atoms with Crippen LogP contribution in [0, 0.1) is 0 Å². The molecule has 0 N–H and O–H groups in total. The third kappa shape index (κ3) is 4.43. The van der Waals surface area contributed by atoms with E-state index >= 15 is 0 Å². The fourth-order valence-electron chi connectivity index (χ4n) is 5.01. The molecule has 0 aliphatic carbocycles. The van der Waals surface area contributed by atoms with Gasteiger partial charge in [-0.3, -0.25) is 9.36 Å². The summed E-state index contributed by atoms with van der Waals surface area (Å²) in [5.41, 5.74) is 4.62. The van der Waals surface area contributed by atoms with Gasteiger partial charge in [-0.1, -0.05) is 74.0 Å². The highest BCUT2D eigenvalue weighted by Gasteiger charge is 2.21. The average Bonchev–Trinajstić information content (AvgIpc) is 3.65. The molecule has 3 heterocycles. The number of rotatable bonds is 8. The topological polar surface area (TPSA) is 105 Å². The smallest absolute Gasteiger partial charge is 0.318 e. The van der Waals surface area contributed by atoms with E-state index in [0.29, 0.717) is 29.8 Å². The quantitative estimate of drug-likeness (QED) is 0.294. The molecule has 6 rings (SSSR count). The van der Waals surface area contributed by atoms with Gasteiger partial charge in [0.1, 0.15) is 12.2 Å². The number of unbranched alkanes of at least 4 members (excludes halogenated alkanes) is 1. The summed E-state index contributed by atoms with van der Waals surface area (Å²) >= 11 is 0. The standard InChI is InChI=1S/C30H28N8O2/c1-3-4-14-26-32-28-27(29(39)35(2)30(40)38(28)23-10-6-5-7-11-23)36(26)19-21-15-17-22(18-16-21)24-12-8-9-13-25(24)37-20-31-33-34-37/h5-13,15-18,20H,3-4,14,19H2,1-2H3. The summed E-state index contributed by atoms with van der Waals surface area (Å²) in [6, 6.07) is 25.5. The number of imidazole rings is 1. The molecule has 0 bridgehead atoms. The van der Waals surface area contributed by atoms with Gasteiger partial charge in [0, 0.05) is 25.6 Å². The number of aromatic nitrogens is 8. The van der Waals surface area contributed by atoms with E-state index in [1.807, 2.05) is 59.2 Å². The number of hydrogen-bond acceptors (Lipinski definition) is 6. The molecule has 0 radical (unpaired) electrons. The van der Waals surface area contributed by atoms with Gasteiger partial charge < -0.3 is 4.57 Å². The zero-order chi connectivity index (χ0) is 27.6. The number of hydrogen-bond donors (Lipinski definition) is 0. The predicted molar refractivity (Wildman–Crippen MR) is 153 cm³/mol. The molecule has 3 aromatic heterocycles. The largest absolute Gasteiger partial charge is 0.337 e. The Labute approximate surface area is 229 Å². The minimum Gasteiger partial charge on any atom is -0.318 e. The minimum absolute atomic E-state index is 0.352. The van der Waals surface area contributed by atoms with Crippen LogP contribution in [0.5, 0.6) is 0 Å². The van der Waals surface area contributed by atoms with Gasteiger partial charge in [0.15, 0.2) is 11.2 Å². The minimum atomic E-state index is -0.416. The van der Waals surface area contributed by atoms with Crippen LogP contribution >= 0.6 is 0 Å². The highest BCUT2D eigenvalue weighted by Crippen LogP contribution is 2.27. The van der Waals surface area contributed by atoms with Crippen LogP contribution in [0.3, 0.4) is 0 Å². The first-order valence-electron chi connectivity index (χ1n) is 13.2. The fraction of sp³-hybridized carbons (Fsp3) is 0.200. The number of nitrogens with zero attached hydrogens (tertiary/aromatic N) is 8. The van der Waals surface area contributed by atoms with Crippen LogP contribution in [-0.2, 0) is 20.0 Å². The lowest BCUT2D eigenvalue weighted by atomic mass is 10.0. The van der Waals surface area contributed by atoms with E-state index in [1.54, 1.807) is 11.0 Å². The number of para-hydroxylation sites is 2. The zero-order valence-corrected chi connectivity index (χ0v) is 22.3. The van der Waals surface area contributed by atoms with Crippen molar-refractivity contribution in [2.75, 3.05) is 0 Å². The zero-order valence-electron chi connectivity index (χ0n) is 22.3. The Morgan fingerprint density at radius 3 is 2.35 bits per heavy atom. The molecule has 0 aliphatic rings. The molecule has 0 atom stereocenters. The molecular formula is C30H28N8O2. The maximum absolute atomic E-state index is 13.5. The van der Waals surface area contributed by atoms with Gasteiger partial charge in [-0.25, -0.2) is 14.3 Å². The Bertz CT molecular complexity index is 1900. The van der Waals surface area contributed by atoms with E-state index in [0.717, 1.165) is 45.6 Å². The summed E-state index contributed by atoms with van der Waals surface area (Å²) in [6.45, 7) is 2.57. The van der Waals surface area contributed by atoms with E-state index in [2.05, 4.69) is 46.7 Å². The Kier molecular flexibility index (Phi) is 6.65. The summed E-state index contributed by atoms with van der Waals surface area (Å²) in [5, 5.41) is 11.6. The first-order valence-corrected chi connectivity index (χ1v) is 13.2. The van der Waals surface area contributed by atoms with Gasteiger partial charge in [0.2, 0.25) is 0 Å². The van der Waals surface area contributed by atoms with Crippen molar-refractivity contribution in [1.29, 1.82) is 0 Å². The molecule has 0 aliphatic heterocycles. The van der Waals surface area contributed by atoms with Gasteiger partial charge >= 0.3 is 5.69 Å². The van der Waals surface area contributed by atoms with Gasteiger partial charge in [-0.15, -0.1) is 5.10 Å². The molecule has 0 fully saturated rings. The predicted octanol–water partition coefficient (Wildman–Crippen LogP) is 3.92. The SMILES string of the molecule is CCCCc1nc2c(c(=O)n(C)c(=O)n2-c2ccccc2)n1Cc1ccc(-c2ccccc2-n2cnnn2)cc1. The summed E-state index contributed by atoms with van der Waals surface area (Å²) in [5.74, 6) is 0.789. The molecule has 3 aromatic carbocycles. The van der Waals surface area contributed by atoms with Crippen LogP contribution in [0.1, 0.15) is 31.2 Å². The summed E-state index contributed by atoms with van der Waals surface area (Å²) in [6.07, 6.45) is 4.19. The number of fused-ring (bicyclic) bond motifs is 1. The second kappa shape index (κ2) is 10.6. The van der Waals surface area contributed by atoms with Crippen LogP contribution in [-0.4, -0.2) is 38.9 Å². The average molecular weight is 533 g/mol. The van der Waals surface area contributed by atoms with Crippen LogP contribution in [0.2, 0.25) is 0 Å². The molecule has 40 heavy (non-hydrogen) atoms. The normalized spacial score (nSPS) is 11.3. The molecule has 10 heteroatoms. The van der Waals surface area contributed by atoms with Crippen molar-refractivity contribution in [2.45, 2.75) is 32.7 Å². The second-order valence-corrected chi connectivity index (χ2v) is 9.68. The van der Waals surface area contributed by atoms with Gasteiger partial charge in [-0.2, -0.15) is 4.68 Å². The van der Waals surface area contributed by atoms with E-state index in [-0.39, 0.29) is 5.56 Å². The molecule has 6 aromatic rings. The van der Waals surface area contributed by atoms with Gasteiger partial charge in [-0.05, 0) is 46.2 Å². The number of aryl methyl sites for hydroxylation is 1.